The summed E-state index contributed by atoms with van der Waals surface area (Å²) in [5.74, 6) is -0.345. The Balaban J connectivity index is 2.32. The fourth-order valence-corrected chi connectivity index (χ4v) is 2.97. The monoisotopic (exact) mass is 319 g/mol. The minimum absolute atomic E-state index is 0.137. The molecule has 23 heavy (non-hydrogen) atoms. The van der Waals surface area contributed by atoms with Crippen LogP contribution in [0.25, 0.3) is 0 Å². The van der Waals surface area contributed by atoms with Crippen molar-refractivity contribution in [2.45, 2.75) is 65.3 Å². The lowest BCUT2D eigenvalue weighted by Crippen LogP contribution is -2.38. The molecule has 0 aromatic carbocycles. The second-order valence-electron chi connectivity index (χ2n) is 5.82. The van der Waals surface area contributed by atoms with Crippen LogP contribution in [0.3, 0.4) is 0 Å². The first kappa shape index (κ1) is 17.4. The minimum Gasteiger partial charge on any atom is -0.462 e. The lowest BCUT2D eigenvalue weighted by molar-refractivity contribution is 0.0519. The van der Waals surface area contributed by atoms with Crippen LogP contribution in [0.15, 0.2) is 0 Å². The molecule has 6 nitrogen and oxygen atoms in total. The summed E-state index contributed by atoms with van der Waals surface area (Å²) in [4.78, 5) is 33.4. The number of carbonyl (C=O) groups is 2. The molecule has 0 spiro atoms. The molecule has 2 rings (SSSR count). The van der Waals surface area contributed by atoms with Crippen LogP contribution in [0.5, 0.6) is 0 Å². The Kier molecular flexibility index (Phi) is 6.07. The van der Waals surface area contributed by atoms with E-state index in [0.29, 0.717) is 17.9 Å². The first-order valence-electron chi connectivity index (χ1n) is 8.42. The van der Waals surface area contributed by atoms with Gasteiger partial charge < -0.3 is 10.1 Å². The molecule has 1 fully saturated rings. The van der Waals surface area contributed by atoms with Crippen molar-refractivity contribution in [2.75, 3.05) is 6.61 Å². The van der Waals surface area contributed by atoms with Gasteiger partial charge in [-0.25, -0.2) is 14.8 Å². The largest absolute Gasteiger partial charge is 0.462 e. The van der Waals surface area contributed by atoms with E-state index in [0.717, 1.165) is 25.7 Å². The molecule has 0 unspecified atom stereocenters. The molecule has 1 aliphatic rings. The predicted octanol–water partition coefficient (Wildman–Crippen LogP) is 2.59. The molecule has 1 amide bonds. The number of nitrogens with one attached hydrogen (secondary N) is 1. The molecule has 0 bridgehead atoms. The van der Waals surface area contributed by atoms with Crippen molar-refractivity contribution < 1.29 is 14.3 Å². The highest BCUT2D eigenvalue weighted by Crippen LogP contribution is 2.19. The molecular weight excluding hydrogens is 294 g/mol. The number of hydrogen-bond acceptors (Lipinski definition) is 5. The first-order valence-corrected chi connectivity index (χ1v) is 8.42. The molecule has 1 aliphatic carbocycles. The first-order chi connectivity index (χ1) is 11.1. The summed E-state index contributed by atoms with van der Waals surface area (Å²) in [6.07, 6.45) is 5.96. The van der Waals surface area contributed by atoms with Crippen LogP contribution >= 0.6 is 0 Å². The topological polar surface area (TPSA) is 81.2 Å². The van der Waals surface area contributed by atoms with Gasteiger partial charge in [-0.15, -0.1) is 0 Å². The Hall–Kier alpha value is -1.98. The predicted molar refractivity (Wildman–Crippen MR) is 86.4 cm³/mol. The SMILES string of the molecule is CCOC(=O)c1c(CC)nc(C)nc1C(=O)NC1CCCCC1. The summed E-state index contributed by atoms with van der Waals surface area (Å²) in [6.45, 7) is 5.61. The van der Waals surface area contributed by atoms with Crippen molar-refractivity contribution in [1.82, 2.24) is 15.3 Å². The summed E-state index contributed by atoms with van der Waals surface area (Å²) in [5.41, 5.74) is 0.899. The van der Waals surface area contributed by atoms with E-state index in [-0.39, 0.29) is 29.8 Å². The van der Waals surface area contributed by atoms with E-state index >= 15 is 0 Å². The molecule has 1 N–H and O–H groups in total. The molecular formula is C17H25N3O3. The van der Waals surface area contributed by atoms with Gasteiger partial charge >= 0.3 is 5.97 Å². The van der Waals surface area contributed by atoms with E-state index in [4.69, 9.17) is 4.74 Å². The van der Waals surface area contributed by atoms with Crippen LogP contribution in [0, 0.1) is 6.92 Å². The van der Waals surface area contributed by atoms with Crippen LogP contribution in [-0.2, 0) is 11.2 Å². The van der Waals surface area contributed by atoms with Gasteiger partial charge in [-0.3, -0.25) is 4.79 Å². The van der Waals surface area contributed by atoms with Crippen LogP contribution in [0.2, 0.25) is 0 Å². The number of amides is 1. The van der Waals surface area contributed by atoms with E-state index in [1.165, 1.54) is 6.42 Å². The normalized spacial score (nSPS) is 15.3. The summed E-state index contributed by atoms with van der Waals surface area (Å²) < 4.78 is 5.09. The number of carbonyl (C=O) groups excluding carboxylic acids is 2. The van der Waals surface area contributed by atoms with E-state index in [1.54, 1.807) is 13.8 Å². The zero-order chi connectivity index (χ0) is 16.8. The Labute approximate surface area is 137 Å². The highest BCUT2D eigenvalue weighted by atomic mass is 16.5. The maximum atomic E-state index is 12.7. The Bertz CT molecular complexity index is 581. The number of aryl methyl sites for hydroxylation is 2. The summed E-state index contributed by atoms with van der Waals surface area (Å²) >= 11 is 0. The molecule has 0 aliphatic heterocycles. The molecule has 1 heterocycles. The highest BCUT2D eigenvalue weighted by molar-refractivity contribution is 6.04. The van der Waals surface area contributed by atoms with Crippen LogP contribution in [0.4, 0.5) is 0 Å². The maximum Gasteiger partial charge on any atom is 0.342 e. The van der Waals surface area contributed by atoms with Gasteiger partial charge in [-0.2, -0.15) is 0 Å². The zero-order valence-electron chi connectivity index (χ0n) is 14.1. The maximum absolute atomic E-state index is 12.7. The van der Waals surface area contributed by atoms with Gasteiger partial charge in [0.1, 0.15) is 17.1 Å². The molecule has 126 valence electrons. The molecule has 0 radical (unpaired) electrons. The molecule has 0 atom stereocenters. The van der Waals surface area contributed by atoms with E-state index < -0.39 is 5.97 Å². The van der Waals surface area contributed by atoms with Crippen LogP contribution in [-0.4, -0.2) is 34.5 Å². The van der Waals surface area contributed by atoms with Gasteiger partial charge in [0.25, 0.3) is 5.91 Å². The van der Waals surface area contributed by atoms with Crippen molar-refractivity contribution in [3.05, 3.63) is 22.8 Å². The quantitative estimate of drug-likeness (QED) is 0.844. The van der Waals surface area contributed by atoms with Crippen LogP contribution < -0.4 is 5.32 Å². The molecule has 1 aromatic rings. The highest BCUT2D eigenvalue weighted by Gasteiger charge is 2.26. The average molecular weight is 319 g/mol. The average Bonchev–Trinajstić information content (AvgIpc) is 2.55. The van der Waals surface area contributed by atoms with Gasteiger partial charge in [0, 0.05) is 6.04 Å². The number of nitrogens with zero attached hydrogens (tertiary/aromatic N) is 2. The molecule has 0 saturated heterocycles. The fraction of sp³-hybridized carbons (Fsp3) is 0.647. The van der Waals surface area contributed by atoms with Crippen LogP contribution in [0.1, 0.15) is 78.3 Å². The Morgan fingerprint density at radius 3 is 2.48 bits per heavy atom. The number of aromatic nitrogens is 2. The summed E-state index contributed by atoms with van der Waals surface area (Å²) in [7, 11) is 0. The Morgan fingerprint density at radius 2 is 1.87 bits per heavy atom. The van der Waals surface area contributed by atoms with Gasteiger partial charge in [-0.1, -0.05) is 26.2 Å². The van der Waals surface area contributed by atoms with Crippen molar-refractivity contribution in [2.24, 2.45) is 0 Å². The molecule has 6 heteroatoms. The fourth-order valence-electron chi connectivity index (χ4n) is 2.97. The second kappa shape index (κ2) is 8.04. The number of hydrogen-bond donors (Lipinski definition) is 1. The van der Waals surface area contributed by atoms with Crippen molar-refractivity contribution >= 4 is 11.9 Å². The van der Waals surface area contributed by atoms with E-state index in [1.807, 2.05) is 6.92 Å². The molecule has 1 aromatic heterocycles. The third-order valence-corrected chi connectivity index (χ3v) is 4.07. The summed E-state index contributed by atoms with van der Waals surface area (Å²) in [6, 6.07) is 0.159. The van der Waals surface area contributed by atoms with Crippen molar-refractivity contribution in [3.63, 3.8) is 0 Å². The summed E-state index contributed by atoms with van der Waals surface area (Å²) in [5, 5.41) is 3.01. The van der Waals surface area contributed by atoms with Gasteiger partial charge in [0.15, 0.2) is 0 Å². The minimum atomic E-state index is -0.529. The third kappa shape index (κ3) is 4.27. The lowest BCUT2D eigenvalue weighted by atomic mass is 9.95. The van der Waals surface area contributed by atoms with Gasteiger partial charge in [-0.05, 0) is 33.1 Å². The van der Waals surface area contributed by atoms with Crippen molar-refractivity contribution in [1.29, 1.82) is 0 Å². The van der Waals surface area contributed by atoms with Gasteiger partial charge in [0.2, 0.25) is 0 Å². The smallest absolute Gasteiger partial charge is 0.342 e. The Morgan fingerprint density at radius 1 is 1.17 bits per heavy atom. The van der Waals surface area contributed by atoms with E-state index in [9.17, 15) is 9.59 Å². The zero-order valence-corrected chi connectivity index (χ0v) is 14.1. The van der Waals surface area contributed by atoms with Gasteiger partial charge in [0.05, 0.1) is 12.3 Å². The third-order valence-electron chi connectivity index (χ3n) is 4.07. The number of ether oxygens (including phenoxy) is 1. The number of esters is 1. The van der Waals surface area contributed by atoms with Crippen molar-refractivity contribution in [3.8, 4) is 0 Å². The second-order valence-corrected chi connectivity index (χ2v) is 5.82. The number of rotatable bonds is 5. The lowest BCUT2D eigenvalue weighted by Gasteiger charge is -2.23. The standard InChI is InChI=1S/C17H25N3O3/c1-4-13-14(17(22)23-5-2)15(19-11(3)18-13)16(21)20-12-9-7-6-8-10-12/h12H,4-10H2,1-3H3,(H,20,21). The van der Waals surface area contributed by atoms with E-state index in [2.05, 4.69) is 15.3 Å². The molecule has 1 saturated carbocycles.